The number of carboxylic acids is 1. The van der Waals surface area contributed by atoms with Crippen LogP contribution in [0.15, 0.2) is 55.3 Å². The Morgan fingerprint density at radius 2 is 1.93 bits per heavy atom. The highest BCUT2D eigenvalue weighted by molar-refractivity contribution is 5.88. The molecule has 0 aliphatic carbocycles. The average Bonchev–Trinajstić information content (AvgIpc) is 2.68. The molecule has 0 saturated heterocycles. The third-order valence-electron chi connectivity index (χ3n) is 3.10. The van der Waals surface area contributed by atoms with Crippen LogP contribution < -0.4 is 10.5 Å². The van der Waals surface area contributed by atoms with E-state index in [0.29, 0.717) is 17.1 Å². The maximum Gasteiger partial charge on any atom is 0.330 e. The van der Waals surface area contributed by atoms with E-state index in [9.17, 15) is 19.7 Å². The van der Waals surface area contributed by atoms with Gasteiger partial charge in [0.2, 0.25) is 0 Å². The van der Waals surface area contributed by atoms with Gasteiger partial charge in [0.1, 0.15) is 17.3 Å². The van der Waals surface area contributed by atoms with E-state index in [1.165, 1.54) is 42.6 Å². The third kappa shape index (κ3) is 7.91. The van der Waals surface area contributed by atoms with Crippen LogP contribution in [0.4, 0.5) is 11.5 Å². The second-order valence-electron chi connectivity index (χ2n) is 5.09. The Kier molecular flexibility index (Phi) is 9.05. The molecule has 152 valence electrons. The standard InChI is InChI=1S/C16H15N3O5.C3H4O2/c1-2-23-15(20)8-7-13-14(9-10-18-16(13)17)24-12-5-3-11(4-6-12)19(21)22;1-2-3(4)5/h3-10H,2H2,1H3,(H2,17,18);2H,1H2,(H,4,5)/b8-7+;. The molecule has 0 aliphatic rings. The number of nitro groups is 1. The predicted octanol–water partition coefficient (Wildman–Crippen LogP) is 3.20. The van der Waals surface area contributed by atoms with Crippen molar-refractivity contribution in [3.63, 3.8) is 0 Å². The molecule has 2 aromatic rings. The van der Waals surface area contributed by atoms with Crippen LogP contribution in [-0.2, 0) is 14.3 Å². The molecule has 1 aromatic carbocycles. The fourth-order valence-corrected chi connectivity index (χ4v) is 1.83. The summed E-state index contributed by atoms with van der Waals surface area (Å²) in [6.45, 7) is 4.92. The second-order valence-corrected chi connectivity index (χ2v) is 5.09. The molecule has 0 atom stereocenters. The van der Waals surface area contributed by atoms with Crippen molar-refractivity contribution in [2.75, 3.05) is 12.3 Å². The Morgan fingerprint density at radius 1 is 1.31 bits per heavy atom. The summed E-state index contributed by atoms with van der Waals surface area (Å²) < 4.78 is 10.5. The number of nitro benzene ring substituents is 1. The van der Waals surface area contributed by atoms with E-state index in [1.54, 1.807) is 13.0 Å². The highest BCUT2D eigenvalue weighted by Gasteiger charge is 2.10. The molecule has 2 rings (SSSR count). The number of carboxylic acid groups (broad SMARTS) is 1. The summed E-state index contributed by atoms with van der Waals surface area (Å²) in [6.07, 6.45) is 4.96. The molecule has 0 saturated carbocycles. The number of rotatable bonds is 7. The molecule has 0 radical (unpaired) electrons. The Morgan fingerprint density at radius 3 is 2.45 bits per heavy atom. The summed E-state index contributed by atoms with van der Waals surface area (Å²) in [5.41, 5.74) is 6.18. The number of nitrogen functional groups attached to an aromatic ring is 1. The van der Waals surface area contributed by atoms with E-state index >= 15 is 0 Å². The number of carbonyl (C=O) groups excluding carboxylic acids is 1. The molecule has 0 fully saturated rings. The van der Waals surface area contributed by atoms with E-state index in [-0.39, 0.29) is 18.1 Å². The van der Waals surface area contributed by atoms with Crippen molar-refractivity contribution in [3.05, 3.63) is 70.9 Å². The van der Waals surface area contributed by atoms with Crippen molar-refractivity contribution in [1.82, 2.24) is 4.98 Å². The van der Waals surface area contributed by atoms with Gasteiger partial charge < -0.3 is 20.3 Å². The zero-order valence-corrected chi connectivity index (χ0v) is 15.5. The maximum absolute atomic E-state index is 11.4. The largest absolute Gasteiger partial charge is 0.478 e. The lowest BCUT2D eigenvalue weighted by molar-refractivity contribution is -0.384. The topological polar surface area (TPSA) is 155 Å². The van der Waals surface area contributed by atoms with E-state index in [2.05, 4.69) is 11.6 Å². The smallest absolute Gasteiger partial charge is 0.330 e. The molecule has 0 aliphatic heterocycles. The molecule has 0 unspecified atom stereocenters. The molecule has 10 heteroatoms. The van der Waals surface area contributed by atoms with Crippen LogP contribution >= 0.6 is 0 Å². The van der Waals surface area contributed by atoms with Gasteiger partial charge in [-0.1, -0.05) is 6.58 Å². The Balaban J connectivity index is 0.000000749. The summed E-state index contributed by atoms with van der Waals surface area (Å²) in [7, 11) is 0. The lowest BCUT2D eigenvalue weighted by Crippen LogP contribution is -2.00. The fourth-order valence-electron chi connectivity index (χ4n) is 1.83. The number of ether oxygens (including phenoxy) is 2. The van der Waals surface area contributed by atoms with Gasteiger partial charge in [-0.15, -0.1) is 0 Å². The first-order valence-corrected chi connectivity index (χ1v) is 8.15. The molecule has 1 heterocycles. The van der Waals surface area contributed by atoms with E-state index in [4.69, 9.17) is 20.3 Å². The molecule has 0 amide bonds. The zero-order chi connectivity index (χ0) is 21.8. The molecular formula is C19H19N3O7. The number of esters is 1. The van der Waals surface area contributed by atoms with Crippen LogP contribution in [-0.4, -0.2) is 33.6 Å². The highest BCUT2D eigenvalue weighted by atomic mass is 16.6. The zero-order valence-electron chi connectivity index (χ0n) is 15.5. The van der Waals surface area contributed by atoms with E-state index < -0.39 is 16.9 Å². The number of benzene rings is 1. The first-order valence-electron chi connectivity index (χ1n) is 8.15. The number of carbonyl (C=O) groups is 2. The lowest BCUT2D eigenvalue weighted by atomic mass is 10.2. The van der Waals surface area contributed by atoms with Crippen molar-refractivity contribution in [3.8, 4) is 11.5 Å². The van der Waals surface area contributed by atoms with Crippen LogP contribution in [0.25, 0.3) is 6.08 Å². The number of aliphatic carboxylic acids is 1. The van der Waals surface area contributed by atoms with Crippen molar-refractivity contribution >= 4 is 29.5 Å². The van der Waals surface area contributed by atoms with Gasteiger partial charge in [-0.25, -0.2) is 14.6 Å². The van der Waals surface area contributed by atoms with Gasteiger partial charge in [0.15, 0.2) is 0 Å². The van der Waals surface area contributed by atoms with Crippen molar-refractivity contribution < 1.29 is 29.1 Å². The summed E-state index contributed by atoms with van der Waals surface area (Å²) >= 11 is 0. The number of hydrogen-bond donors (Lipinski definition) is 2. The number of pyridine rings is 1. The monoisotopic (exact) mass is 401 g/mol. The van der Waals surface area contributed by atoms with E-state index in [0.717, 1.165) is 6.08 Å². The predicted molar refractivity (Wildman–Crippen MR) is 105 cm³/mol. The summed E-state index contributed by atoms with van der Waals surface area (Å²) in [5, 5.41) is 18.3. The van der Waals surface area contributed by atoms with Crippen LogP contribution in [0.3, 0.4) is 0 Å². The van der Waals surface area contributed by atoms with E-state index in [1.807, 2.05) is 0 Å². The number of aromatic nitrogens is 1. The third-order valence-corrected chi connectivity index (χ3v) is 3.10. The number of non-ortho nitro benzene ring substituents is 1. The van der Waals surface area contributed by atoms with Gasteiger partial charge in [-0.3, -0.25) is 10.1 Å². The Bertz CT molecular complexity index is 909. The van der Waals surface area contributed by atoms with Crippen LogP contribution in [0.1, 0.15) is 12.5 Å². The van der Waals surface area contributed by atoms with Gasteiger partial charge in [-0.05, 0) is 31.2 Å². The van der Waals surface area contributed by atoms with Gasteiger partial charge in [-0.2, -0.15) is 0 Å². The normalized spacial score (nSPS) is 9.83. The molecule has 10 nitrogen and oxygen atoms in total. The molecule has 0 spiro atoms. The molecular weight excluding hydrogens is 382 g/mol. The average molecular weight is 401 g/mol. The first-order chi connectivity index (χ1) is 13.8. The number of anilines is 1. The molecule has 1 aromatic heterocycles. The van der Waals surface area contributed by atoms with Gasteiger partial charge in [0, 0.05) is 30.5 Å². The van der Waals surface area contributed by atoms with Crippen molar-refractivity contribution in [2.24, 2.45) is 0 Å². The van der Waals surface area contributed by atoms with Crippen molar-refractivity contribution in [2.45, 2.75) is 6.92 Å². The maximum atomic E-state index is 11.4. The van der Waals surface area contributed by atoms with Crippen LogP contribution in [0.5, 0.6) is 11.5 Å². The number of nitrogens with two attached hydrogens (primary N) is 1. The summed E-state index contributed by atoms with van der Waals surface area (Å²) in [4.78, 5) is 34.8. The van der Waals surface area contributed by atoms with Gasteiger partial charge in [0.05, 0.1) is 17.1 Å². The molecule has 3 N–H and O–H groups in total. The molecule has 0 bridgehead atoms. The Hall–Kier alpha value is -4.21. The SMILES string of the molecule is C=CC(=O)O.CCOC(=O)/C=C/c1c(Oc2ccc([N+](=O)[O-])cc2)ccnc1N. The number of nitrogens with zero attached hydrogens (tertiary/aromatic N) is 2. The molecule has 29 heavy (non-hydrogen) atoms. The highest BCUT2D eigenvalue weighted by Crippen LogP contribution is 2.30. The lowest BCUT2D eigenvalue weighted by Gasteiger charge is -2.10. The fraction of sp³-hybridized carbons (Fsp3) is 0.105. The summed E-state index contributed by atoms with van der Waals surface area (Å²) in [6, 6.07) is 7.16. The van der Waals surface area contributed by atoms with Crippen molar-refractivity contribution in [1.29, 1.82) is 0 Å². The quantitative estimate of drug-likeness (QED) is 0.308. The first kappa shape index (κ1) is 22.8. The van der Waals surface area contributed by atoms with Gasteiger partial charge >= 0.3 is 11.9 Å². The van der Waals surface area contributed by atoms with Crippen LogP contribution in [0, 0.1) is 10.1 Å². The van der Waals surface area contributed by atoms with Crippen LogP contribution in [0.2, 0.25) is 0 Å². The Labute approximate surface area is 166 Å². The van der Waals surface area contributed by atoms with Gasteiger partial charge in [0.25, 0.3) is 5.69 Å². The minimum Gasteiger partial charge on any atom is -0.478 e. The minimum absolute atomic E-state index is 0.0426. The number of hydrogen-bond acceptors (Lipinski definition) is 8. The second kappa shape index (κ2) is 11.5. The minimum atomic E-state index is -0.981. The summed E-state index contributed by atoms with van der Waals surface area (Å²) in [5.74, 6) is -0.573.